The summed E-state index contributed by atoms with van der Waals surface area (Å²) in [6.07, 6.45) is 0.458. The van der Waals surface area contributed by atoms with E-state index in [-0.39, 0.29) is 5.91 Å². The van der Waals surface area contributed by atoms with Crippen LogP contribution in [0.1, 0.15) is 13.3 Å². The number of carboxylic acids is 1. The lowest BCUT2D eigenvalue weighted by molar-refractivity contribution is -0.138. The van der Waals surface area contributed by atoms with E-state index >= 15 is 0 Å². The molecule has 0 aliphatic carbocycles. The minimum atomic E-state index is -0.965. The lowest BCUT2D eigenvalue weighted by Gasteiger charge is -2.05. The second-order valence-corrected chi connectivity index (χ2v) is 4.05. The van der Waals surface area contributed by atoms with E-state index in [9.17, 15) is 9.59 Å². The Morgan fingerprint density at radius 1 is 1.50 bits per heavy atom. The van der Waals surface area contributed by atoms with Crippen molar-refractivity contribution in [3.63, 3.8) is 0 Å². The maximum Gasteiger partial charge on any atom is 0.320 e. The molecular weight excluding hydrogens is 204 g/mol. The molecule has 0 rings (SSSR count). The van der Waals surface area contributed by atoms with Crippen molar-refractivity contribution in [3.05, 3.63) is 0 Å². The summed E-state index contributed by atoms with van der Waals surface area (Å²) in [7, 11) is 0. The van der Waals surface area contributed by atoms with Gasteiger partial charge in [0.05, 0.1) is 0 Å². The summed E-state index contributed by atoms with van der Waals surface area (Å²) in [6.45, 7) is 2.08. The van der Waals surface area contributed by atoms with Gasteiger partial charge in [0.1, 0.15) is 6.04 Å². The summed E-state index contributed by atoms with van der Waals surface area (Å²) in [4.78, 5) is 20.8. The number of carboxylic acid groups (broad SMARTS) is 1. The largest absolute Gasteiger partial charge is 0.480 e. The first-order chi connectivity index (χ1) is 6.54. The molecule has 0 heterocycles. The third kappa shape index (κ3) is 7.88. The molecule has 0 aliphatic rings. The van der Waals surface area contributed by atoms with Crippen molar-refractivity contribution < 1.29 is 14.7 Å². The number of nitrogens with two attached hydrogens (primary N) is 1. The minimum Gasteiger partial charge on any atom is -0.480 e. The van der Waals surface area contributed by atoms with Crippen molar-refractivity contribution in [3.8, 4) is 0 Å². The minimum absolute atomic E-state index is 0.0483. The van der Waals surface area contributed by atoms with Crippen LogP contribution in [0.15, 0.2) is 0 Å². The van der Waals surface area contributed by atoms with Gasteiger partial charge in [-0.2, -0.15) is 11.8 Å². The number of rotatable bonds is 7. The van der Waals surface area contributed by atoms with Crippen molar-refractivity contribution in [2.24, 2.45) is 5.73 Å². The number of hydrogen-bond acceptors (Lipinski definition) is 4. The van der Waals surface area contributed by atoms with Crippen LogP contribution in [0.25, 0.3) is 0 Å². The van der Waals surface area contributed by atoms with Gasteiger partial charge < -0.3 is 16.2 Å². The summed E-state index contributed by atoms with van der Waals surface area (Å²) in [5.41, 5.74) is 5.30. The van der Waals surface area contributed by atoms with E-state index in [4.69, 9.17) is 10.8 Å². The second-order valence-electron chi connectivity index (χ2n) is 2.83. The van der Waals surface area contributed by atoms with Crippen LogP contribution in [0.4, 0.5) is 0 Å². The highest BCUT2D eigenvalue weighted by Gasteiger charge is 2.09. The molecule has 0 aromatic heterocycles. The van der Waals surface area contributed by atoms with Gasteiger partial charge in [-0.3, -0.25) is 9.59 Å². The topological polar surface area (TPSA) is 92.4 Å². The summed E-state index contributed by atoms with van der Waals surface area (Å²) in [5, 5.41) is 11.1. The molecule has 0 saturated carbocycles. The number of carbonyl (C=O) groups is 2. The Hall–Kier alpha value is -0.750. The molecule has 5 nitrogen and oxygen atoms in total. The van der Waals surface area contributed by atoms with Crippen LogP contribution in [0.3, 0.4) is 0 Å². The Bertz CT molecular complexity index is 199. The van der Waals surface area contributed by atoms with Gasteiger partial charge >= 0.3 is 5.97 Å². The smallest absolute Gasteiger partial charge is 0.320 e. The number of nitrogens with one attached hydrogen (secondary N) is 1. The Kier molecular flexibility index (Phi) is 7.23. The molecule has 6 heteroatoms. The molecule has 0 unspecified atom stereocenters. The molecule has 0 aromatic rings. The normalized spacial score (nSPS) is 12.1. The van der Waals surface area contributed by atoms with Crippen LogP contribution in [-0.2, 0) is 9.59 Å². The summed E-state index contributed by atoms with van der Waals surface area (Å²) in [6, 6.07) is -0.775. The van der Waals surface area contributed by atoms with E-state index in [0.717, 1.165) is 5.75 Å². The van der Waals surface area contributed by atoms with Gasteiger partial charge in [-0.15, -0.1) is 0 Å². The van der Waals surface area contributed by atoms with Gasteiger partial charge in [-0.25, -0.2) is 0 Å². The fourth-order valence-corrected chi connectivity index (χ4v) is 1.61. The molecule has 0 fully saturated rings. The maximum absolute atomic E-state index is 10.5. The number of hydrogen-bond donors (Lipinski definition) is 3. The molecule has 0 bridgehead atoms. The fraction of sp³-hybridized carbons (Fsp3) is 0.750. The lowest BCUT2D eigenvalue weighted by Crippen LogP contribution is -2.30. The Balaban J connectivity index is 3.21. The van der Waals surface area contributed by atoms with Crippen LogP contribution in [0.5, 0.6) is 0 Å². The van der Waals surface area contributed by atoms with Crippen LogP contribution in [-0.4, -0.2) is 41.1 Å². The second kappa shape index (κ2) is 7.64. The average molecular weight is 220 g/mol. The van der Waals surface area contributed by atoms with E-state index in [1.54, 1.807) is 11.8 Å². The molecule has 1 amide bonds. The van der Waals surface area contributed by atoms with Gasteiger partial charge in [0.25, 0.3) is 0 Å². The van der Waals surface area contributed by atoms with Gasteiger partial charge in [-0.1, -0.05) is 0 Å². The number of thioether (sulfide) groups is 1. The number of amides is 1. The monoisotopic (exact) mass is 220 g/mol. The zero-order valence-electron chi connectivity index (χ0n) is 8.16. The third-order valence-corrected chi connectivity index (χ3v) is 2.53. The molecule has 0 radical (unpaired) electrons. The zero-order chi connectivity index (χ0) is 11.0. The van der Waals surface area contributed by atoms with Gasteiger partial charge in [-0.05, 0) is 12.2 Å². The van der Waals surface area contributed by atoms with Gasteiger partial charge in [0.15, 0.2) is 0 Å². The molecule has 4 N–H and O–H groups in total. The molecule has 1 atom stereocenters. The maximum atomic E-state index is 10.5. The van der Waals surface area contributed by atoms with Crippen molar-refractivity contribution in [1.82, 2.24) is 5.32 Å². The highest BCUT2D eigenvalue weighted by Crippen LogP contribution is 2.02. The van der Waals surface area contributed by atoms with Crippen molar-refractivity contribution in [1.29, 1.82) is 0 Å². The first-order valence-electron chi connectivity index (χ1n) is 4.34. The highest BCUT2D eigenvalue weighted by atomic mass is 32.2. The van der Waals surface area contributed by atoms with Crippen LogP contribution in [0, 0.1) is 0 Å². The zero-order valence-corrected chi connectivity index (χ0v) is 8.97. The molecular formula is C8H16N2O3S. The summed E-state index contributed by atoms with van der Waals surface area (Å²) in [5.74, 6) is 0.471. The van der Waals surface area contributed by atoms with Gasteiger partial charge in [0, 0.05) is 19.2 Å². The molecule has 14 heavy (non-hydrogen) atoms. The predicted octanol–water partition coefficient (Wildman–Crippen LogP) is -0.342. The standard InChI is InChI=1S/C8H16N2O3S/c1-6(11)10-3-5-14-4-2-7(9)8(12)13/h7H,2-5,9H2,1H3,(H,10,11)(H,12,13)/t7-/m0/s1. The molecule has 0 aromatic carbocycles. The van der Waals surface area contributed by atoms with Crippen molar-refractivity contribution in [2.45, 2.75) is 19.4 Å². The van der Waals surface area contributed by atoms with E-state index in [1.165, 1.54) is 6.92 Å². The van der Waals surface area contributed by atoms with E-state index < -0.39 is 12.0 Å². The number of aliphatic carboxylic acids is 1. The highest BCUT2D eigenvalue weighted by molar-refractivity contribution is 7.99. The van der Waals surface area contributed by atoms with Crippen molar-refractivity contribution >= 4 is 23.6 Å². The molecule has 0 saturated heterocycles. The van der Waals surface area contributed by atoms with E-state index in [2.05, 4.69) is 5.32 Å². The molecule has 82 valence electrons. The summed E-state index contributed by atoms with van der Waals surface area (Å²) >= 11 is 1.58. The predicted molar refractivity (Wildman–Crippen MR) is 56.2 cm³/mol. The van der Waals surface area contributed by atoms with Crippen LogP contribution in [0.2, 0.25) is 0 Å². The average Bonchev–Trinajstić information content (AvgIpc) is 2.09. The number of carbonyl (C=O) groups excluding carboxylic acids is 1. The van der Waals surface area contributed by atoms with Crippen LogP contribution >= 0.6 is 11.8 Å². The fourth-order valence-electron chi connectivity index (χ4n) is 0.735. The third-order valence-electron chi connectivity index (χ3n) is 1.51. The SMILES string of the molecule is CC(=O)NCCSCC[C@H](N)C(=O)O. The first-order valence-corrected chi connectivity index (χ1v) is 5.50. The van der Waals surface area contributed by atoms with Crippen LogP contribution < -0.4 is 11.1 Å². The Morgan fingerprint density at radius 3 is 2.64 bits per heavy atom. The quantitative estimate of drug-likeness (QED) is 0.510. The van der Waals surface area contributed by atoms with E-state index in [1.807, 2.05) is 0 Å². The van der Waals surface area contributed by atoms with E-state index in [0.29, 0.717) is 18.7 Å². The lowest BCUT2D eigenvalue weighted by atomic mass is 10.2. The first kappa shape index (κ1) is 13.2. The summed E-state index contributed by atoms with van der Waals surface area (Å²) < 4.78 is 0. The molecule has 0 spiro atoms. The van der Waals surface area contributed by atoms with Crippen molar-refractivity contribution in [2.75, 3.05) is 18.1 Å². The van der Waals surface area contributed by atoms with Gasteiger partial charge in [0.2, 0.25) is 5.91 Å². The Morgan fingerprint density at radius 2 is 2.14 bits per heavy atom. The molecule has 0 aliphatic heterocycles. The Labute approximate surface area is 87.4 Å².